The summed E-state index contributed by atoms with van der Waals surface area (Å²) in [5.41, 5.74) is 2.23. The molecule has 0 spiro atoms. The zero-order chi connectivity index (χ0) is 27.8. The number of aryl methyl sites for hydroxylation is 1. The van der Waals surface area contributed by atoms with Crippen LogP contribution in [0.5, 0.6) is 17.2 Å². The average Bonchev–Trinajstić information content (AvgIpc) is 3.29. The lowest BCUT2D eigenvalue weighted by Crippen LogP contribution is -2.37. The lowest BCUT2D eigenvalue weighted by molar-refractivity contribution is -0.138. The molecule has 0 fully saturated rings. The second kappa shape index (κ2) is 12.8. The van der Waals surface area contributed by atoms with Crippen molar-refractivity contribution in [1.29, 1.82) is 0 Å². The molecule has 0 atom stereocenters. The second-order valence-corrected chi connectivity index (χ2v) is 8.94. The number of benzene rings is 3. The first-order valence-electron chi connectivity index (χ1n) is 12.1. The smallest absolute Gasteiger partial charge is 0.416 e. The summed E-state index contributed by atoms with van der Waals surface area (Å²) in [6, 6.07) is 20.8. The van der Waals surface area contributed by atoms with Crippen molar-refractivity contribution >= 4 is 23.7 Å². The van der Waals surface area contributed by atoms with Crippen molar-refractivity contribution in [3.63, 3.8) is 0 Å². The number of hydrogen-bond acceptors (Lipinski definition) is 7. The molecule has 3 aromatic carbocycles. The van der Waals surface area contributed by atoms with Crippen molar-refractivity contribution in [2.45, 2.75) is 19.9 Å². The molecule has 10 heteroatoms. The van der Waals surface area contributed by atoms with E-state index in [-0.39, 0.29) is 12.3 Å². The number of methoxy groups -OCH3 is 1. The minimum Gasteiger partial charge on any atom is -0.497 e. The van der Waals surface area contributed by atoms with Crippen LogP contribution in [0, 0.1) is 6.92 Å². The molecule has 9 nitrogen and oxygen atoms in total. The van der Waals surface area contributed by atoms with Gasteiger partial charge in [-0.1, -0.05) is 35.9 Å². The number of aromatic nitrogens is 1. The third-order valence-electron chi connectivity index (χ3n) is 5.75. The highest BCUT2D eigenvalue weighted by atomic mass is 35.5. The van der Waals surface area contributed by atoms with Crippen LogP contribution in [0.25, 0.3) is 11.5 Å². The van der Waals surface area contributed by atoms with Crippen LogP contribution in [-0.4, -0.2) is 47.3 Å². The molecule has 4 aromatic rings. The van der Waals surface area contributed by atoms with E-state index in [1.165, 1.54) is 7.11 Å². The molecule has 0 unspecified atom stereocenters. The number of hydrogen-bond donors (Lipinski definition) is 1. The number of carbonyl (C=O) groups is 2. The normalized spacial score (nSPS) is 10.6. The van der Waals surface area contributed by atoms with E-state index in [1.807, 2.05) is 25.1 Å². The number of ether oxygens (including phenoxy) is 3. The Balaban J connectivity index is 1.32. The van der Waals surface area contributed by atoms with Gasteiger partial charge in [0, 0.05) is 13.0 Å². The van der Waals surface area contributed by atoms with Crippen LogP contribution in [0.4, 0.5) is 4.79 Å². The van der Waals surface area contributed by atoms with Crippen molar-refractivity contribution in [3.8, 4) is 28.7 Å². The van der Waals surface area contributed by atoms with Gasteiger partial charge in [0.1, 0.15) is 29.6 Å². The SMILES string of the molecule is COc1ccc(OC(=O)N(CC(=O)O)Cc2ccc(OCCc3nc(-c4ccccc4Cl)oc3C)cc2)cc1. The summed E-state index contributed by atoms with van der Waals surface area (Å²) >= 11 is 6.25. The van der Waals surface area contributed by atoms with E-state index in [2.05, 4.69) is 4.98 Å². The van der Waals surface area contributed by atoms with Crippen LogP contribution in [0.1, 0.15) is 17.0 Å². The van der Waals surface area contributed by atoms with E-state index >= 15 is 0 Å². The van der Waals surface area contributed by atoms with Gasteiger partial charge in [0.05, 0.1) is 30.0 Å². The number of amides is 1. The highest BCUT2D eigenvalue weighted by molar-refractivity contribution is 6.33. The first-order chi connectivity index (χ1) is 18.8. The number of carboxylic acid groups (broad SMARTS) is 1. The number of nitrogens with zero attached hydrogens (tertiary/aromatic N) is 2. The molecule has 0 aliphatic carbocycles. The Morgan fingerprint density at radius 2 is 1.64 bits per heavy atom. The molecule has 0 radical (unpaired) electrons. The number of carbonyl (C=O) groups excluding carboxylic acids is 1. The van der Waals surface area contributed by atoms with E-state index in [1.54, 1.807) is 54.6 Å². The van der Waals surface area contributed by atoms with Gasteiger partial charge in [0.15, 0.2) is 0 Å². The van der Waals surface area contributed by atoms with Gasteiger partial charge in [-0.25, -0.2) is 9.78 Å². The van der Waals surface area contributed by atoms with Crippen molar-refractivity contribution in [1.82, 2.24) is 9.88 Å². The minimum absolute atomic E-state index is 0.0462. The van der Waals surface area contributed by atoms with Crippen molar-refractivity contribution < 1.29 is 33.3 Å². The molecule has 1 aromatic heterocycles. The number of rotatable bonds is 11. The van der Waals surface area contributed by atoms with Crippen LogP contribution < -0.4 is 14.2 Å². The standard InChI is InChI=1S/C29H27ClN2O7/c1-19-26(31-28(38-19)24-5-3-4-6-25(24)30)15-16-37-22-9-7-20(8-10-22)17-32(18-27(33)34)29(35)39-23-13-11-21(36-2)12-14-23/h3-14H,15-18H2,1-2H3,(H,33,34). The molecule has 0 aliphatic rings. The minimum atomic E-state index is -1.15. The van der Waals surface area contributed by atoms with E-state index < -0.39 is 18.6 Å². The van der Waals surface area contributed by atoms with Gasteiger partial charge in [0.2, 0.25) is 5.89 Å². The molecular formula is C29H27ClN2O7. The quantitative estimate of drug-likeness (QED) is 0.241. The fraction of sp³-hybridized carbons (Fsp3) is 0.207. The van der Waals surface area contributed by atoms with Crippen LogP contribution in [0.2, 0.25) is 5.02 Å². The molecule has 0 aliphatic heterocycles. The van der Waals surface area contributed by atoms with Crippen LogP contribution >= 0.6 is 11.6 Å². The summed E-state index contributed by atoms with van der Waals surface area (Å²) < 4.78 is 22.1. The number of oxazole rings is 1. The van der Waals surface area contributed by atoms with Gasteiger partial charge in [-0.05, 0) is 61.0 Å². The largest absolute Gasteiger partial charge is 0.497 e. The Kier molecular flexibility index (Phi) is 9.06. The molecule has 1 amide bonds. The fourth-order valence-corrected chi connectivity index (χ4v) is 3.96. The van der Waals surface area contributed by atoms with Gasteiger partial charge < -0.3 is 23.7 Å². The highest BCUT2D eigenvalue weighted by Crippen LogP contribution is 2.28. The molecule has 0 saturated heterocycles. The van der Waals surface area contributed by atoms with Gasteiger partial charge in [-0.15, -0.1) is 0 Å². The third-order valence-corrected chi connectivity index (χ3v) is 6.08. The number of carboxylic acids is 1. The van der Waals surface area contributed by atoms with Crippen molar-refractivity contribution in [3.05, 3.63) is 94.8 Å². The van der Waals surface area contributed by atoms with E-state index in [0.717, 1.165) is 16.2 Å². The summed E-state index contributed by atoms with van der Waals surface area (Å²) in [5, 5.41) is 9.84. The zero-order valence-corrected chi connectivity index (χ0v) is 22.2. The Labute approximate surface area is 230 Å². The molecule has 39 heavy (non-hydrogen) atoms. The van der Waals surface area contributed by atoms with Crippen LogP contribution in [0.3, 0.4) is 0 Å². The fourth-order valence-electron chi connectivity index (χ4n) is 3.74. The Hall–Kier alpha value is -4.50. The maximum atomic E-state index is 12.7. The molecule has 0 bridgehead atoms. The second-order valence-electron chi connectivity index (χ2n) is 8.54. The lowest BCUT2D eigenvalue weighted by Gasteiger charge is -2.20. The maximum Gasteiger partial charge on any atom is 0.416 e. The number of aliphatic carboxylic acids is 1. The molecule has 1 N–H and O–H groups in total. The van der Waals surface area contributed by atoms with Gasteiger partial charge in [0.25, 0.3) is 0 Å². The summed E-state index contributed by atoms with van der Waals surface area (Å²) in [7, 11) is 1.53. The maximum absolute atomic E-state index is 12.7. The summed E-state index contributed by atoms with van der Waals surface area (Å²) in [4.78, 5) is 29.7. The number of halogens is 1. The average molecular weight is 551 g/mol. The Morgan fingerprint density at radius 1 is 0.974 bits per heavy atom. The first-order valence-corrected chi connectivity index (χ1v) is 12.5. The monoisotopic (exact) mass is 550 g/mol. The van der Waals surface area contributed by atoms with Gasteiger partial charge >= 0.3 is 12.1 Å². The van der Waals surface area contributed by atoms with Gasteiger partial charge in [-0.2, -0.15) is 0 Å². The molecule has 1 heterocycles. The van der Waals surface area contributed by atoms with E-state index in [0.29, 0.717) is 46.8 Å². The van der Waals surface area contributed by atoms with Gasteiger partial charge in [-0.3, -0.25) is 9.69 Å². The third kappa shape index (κ3) is 7.52. The summed E-state index contributed by atoms with van der Waals surface area (Å²) in [6.45, 7) is 1.75. The van der Waals surface area contributed by atoms with Crippen molar-refractivity contribution in [2.75, 3.05) is 20.3 Å². The lowest BCUT2D eigenvalue weighted by atomic mass is 10.2. The van der Waals surface area contributed by atoms with Crippen LogP contribution in [-0.2, 0) is 17.8 Å². The Morgan fingerprint density at radius 3 is 2.31 bits per heavy atom. The Bertz CT molecular complexity index is 1420. The molecule has 0 saturated carbocycles. The van der Waals surface area contributed by atoms with E-state index in [9.17, 15) is 14.7 Å². The summed E-state index contributed by atoms with van der Waals surface area (Å²) in [5.74, 6) is 1.52. The van der Waals surface area contributed by atoms with E-state index in [4.69, 9.17) is 30.2 Å². The molecule has 202 valence electrons. The zero-order valence-electron chi connectivity index (χ0n) is 21.4. The predicted molar refractivity (Wildman–Crippen MR) is 144 cm³/mol. The van der Waals surface area contributed by atoms with Crippen molar-refractivity contribution in [2.24, 2.45) is 0 Å². The molecular weight excluding hydrogens is 524 g/mol. The predicted octanol–water partition coefficient (Wildman–Crippen LogP) is 6.02. The topological polar surface area (TPSA) is 111 Å². The highest BCUT2D eigenvalue weighted by Gasteiger charge is 2.20. The molecule has 4 rings (SSSR count). The summed E-state index contributed by atoms with van der Waals surface area (Å²) in [6.07, 6.45) is -0.243. The van der Waals surface area contributed by atoms with Crippen LogP contribution in [0.15, 0.2) is 77.2 Å². The first kappa shape index (κ1) is 27.5.